The van der Waals surface area contributed by atoms with E-state index in [-0.39, 0.29) is 6.10 Å². The fourth-order valence-electron chi connectivity index (χ4n) is 2.79. The Morgan fingerprint density at radius 1 is 1.20 bits per heavy atom. The molecule has 0 aliphatic heterocycles. The minimum Gasteiger partial charge on any atom is -0.491 e. The molecule has 3 aromatic rings. The largest absolute Gasteiger partial charge is 0.491 e. The average Bonchev–Trinajstić information content (AvgIpc) is 3.38. The van der Waals surface area contributed by atoms with Crippen molar-refractivity contribution >= 4 is 23.0 Å². The Balaban J connectivity index is 1.55. The van der Waals surface area contributed by atoms with Gasteiger partial charge >= 0.3 is 0 Å². The molecule has 160 valence electrons. The van der Waals surface area contributed by atoms with Crippen molar-refractivity contribution in [1.82, 2.24) is 15.5 Å². The zero-order valence-corrected chi connectivity index (χ0v) is 18.5. The normalized spacial score (nSPS) is 11.7. The average molecular weight is 428 g/mol. The highest BCUT2D eigenvalue weighted by Gasteiger charge is 2.05. The van der Waals surface area contributed by atoms with Crippen LogP contribution in [-0.4, -0.2) is 35.3 Å². The molecule has 0 radical (unpaired) electrons. The van der Waals surface area contributed by atoms with Crippen LogP contribution in [0.4, 0.5) is 5.69 Å². The number of ether oxygens (including phenoxy) is 1. The van der Waals surface area contributed by atoms with E-state index in [0.29, 0.717) is 24.7 Å². The molecule has 0 amide bonds. The number of hydrogen-bond donors (Lipinski definition) is 2. The lowest BCUT2D eigenvalue weighted by Crippen LogP contribution is -2.32. The number of nitrogens with one attached hydrogen (secondary N) is 2. The van der Waals surface area contributed by atoms with Crippen molar-refractivity contribution < 1.29 is 9.26 Å². The first-order chi connectivity index (χ1) is 14.6. The van der Waals surface area contributed by atoms with E-state index in [1.165, 1.54) is 4.88 Å². The fraction of sp³-hybridized carbons (Fsp3) is 0.409. The molecule has 0 aliphatic carbocycles. The van der Waals surface area contributed by atoms with Crippen molar-refractivity contribution in [2.75, 3.05) is 18.4 Å². The second kappa shape index (κ2) is 11.3. The molecule has 2 N–H and O–H groups in total. The van der Waals surface area contributed by atoms with Gasteiger partial charge in [-0.25, -0.2) is 0 Å². The zero-order chi connectivity index (χ0) is 21.2. The number of anilines is 1. The topological polar surface area (TPSA) is 84.6 Å². The molecule has 0 saturated carbocycles. The summed E-state index contributed by atoms with van der Waals surface area (Å²) in [5.41, 5.74) is 0.959. The molecule has 0 fully saturated rings. The first-order valence-electron chi connectivity index (χ1n) is 10.2. The maximum absolute atomic E-state index is 5.71. The van der Waals surface area contributed by atoms with Gasteiger partial charge in [0.25, 0.3) is 0 Å². The van der Waals surface area contributed by atoms with E-state index in [9.17, 15) is 0 Å². The van der Waals surface area contributed by atoms with Crippen LogP contribution >= 0.6 is 11.3 Å². The van der Waals surface area contributed by atoms with Gasteiger partial charge in [0, 0.05) is 30.1 Å². The first-order valence-corrected chi connectivity index (χ1v) is 11.1. The summed E-state index contributed by atoms with van der Waals surface area (Å²) in [4.78, 5) is 10.3. The standard InChI is InChI=1S/C22H29N5O2S/c1-16(2)28-19-10-8-18(9-11-19)26-22(24-14-12-20-6-5-15-30-20)23-13-4-7-21-25-17(3)27-29-21/h5-6,8-11,15-16H,4,7,12-14H2,1-3H3,(H2,23,24,26). The van der Waals surface area contributed by atoms with Crippen molar-refractivity contribution in [1.29, 1.82) is 0 Å². The van der Waals surface area contributed by atoms with Gasteiger partial charge in [-0.05, 0) is 69.3 Å². The molecule has 7 nitrogen and oxygen atoms in total. The van der Waals surface area contributed by atoms with E-state index < -0.39 is 0 Å². The summed E-state index contributed by atoms with van der Waals surface area (Å²) >= 11 is 1.77. The van der Waals surface area contributed by atoms with Gasteiger partial charge in [-0.2, -0.15) is 4.98 Å². The predicted octanol–water partition coefficient (Wildman–Crippen LogP) is 4.46. The Hall–Kier alpha value is -2.87. The maximum atomic E-state index is 5.71. The molecule has 3 rings (SSSR count). The fourth-order valence-corrected chi connectivity index (χ4v) is 3.50. The maximum Gasteiger partial charge on any atom is 0.226 e. The number of nitrogens with zero attached hydrogens (tertiary/aromatic N) is 3. The van der Waals surface area contributed by atoms with E-state index in [1.807, 2.05) is 45.0 Å². The van der Waals surface area contributed by atoms with Gasteiger partial charge in [0.1, 0.15) is 5.75 Å². The number of aliphatic imine (C=N–C) groups is 1. The number of aryl methyl sites for hydroxylation is 2. The highest BCUT2D eigenvalue weighted by Crippen LogP contribution is 2.17. The van der Waals surface area contributed by atoms with Gasteiger partial charge < -0.3 is 19.9 Å². The summed E-state index contributed by atoms with van der Waals surface area (Å²) in [7, 11) is 0. The molecule has 0 spiro atoms. The molecule has 0 saturated heterocycles. The third-order valence-electron chi connectivity index (χ3n) is 4.12. The minimum atomic E-state index is 0.155. The highest BCUT2D eigenvalue weighted by atomic mass is 32.1. The molecule has 2 aromatic heterocycles. The Morgan fingerprint density at radius 2 is 2.03 bits per heavy atom. The van der Waals surface area contributed by atoms with Crippen LogP contribution in [0.5, 0.6) is 5.75 Å². The third kappa shape index (κ3) is 7.51. The summed E-state index contributed by atoms with van der Waals surface area (Å²) in [5.74, 6) is 2.93. The lowest BCUT2D eigenvalue weighted by atomic mass is 10.3. The molecule has 0 aliphatic rings. The SMILES string of the molecule is Cc1noc(CCCN=C(NCCc2cccs2)Nc2ccc(OC(C)C)cc2)n1. The smallest absolute Gasteiger partial charge is 0.226 e. The van der Waals surface area contributed by atoms with Crippen LogP contribution in [-0.2, 0) is 12.8 Å². The quantitative estimate of drug-likeness (QED) is 0.282. The van der Waals surface area contributed by atoms with Crippen LogP contribution in [0.25, 0.3) is 0 Å². The molecule has 0 bridgehead atoms. The summed E-state index contributed by atoms with van der Waals surface area (Å²) in [6, 6.07) is 12.1. The summed E-state index contributed by atoms with van der Waals surface area (Å²) in [6.07, 6.45) is 2.66. The van der Waals surface area contributed by atoms with Crippen molar-refractivity contribution in [2.45, 2.75) is 46.1 Å². The first kappa shape index (κ1) is 21.8. The van der Waals surface area contributed by atoms with Crippen LogP contribution in [0.2, 0.25) is 0 Å². The minimum absolute atomic E-state index is 0.155. The zero-order valence-electron chi connectivity index (χ0n) is 17.7. The number of aromatic nitrogens is 2. The molecule has 8 heteroatoms. The lowest BCUT2D eigenvalue weighted by Gasteiger charge is -2.14. The molecule has 30 heavy (non-hydrogen) atoms. The monoisotopic (exact) mass is 427 g/mol. The van der Waals surface area contributed by atoms with Crippen molar-refractivity contribution in [3.63, 3.8) is 0 Å². The number of thiophene rings is 1. The highest BCUT2D eigenvalue weighted by molar-refractivity contribution is 7.09. The van der Waals surface area contributed by atoms with Gasteiger partial charge in [-0.1, -0.05) is 11.2 Å². The van der Waals surface area contributed by atoms with Crippen LogP contribution in [0.15, 0.2) is 51.3 Å². The Labute approximate surface area is 181 Å². The van der Waals surface area contributed by atoms with Gasteiger partial charge in [0.05, 0.1) is 6.10 Å². The van der Waals surface area contributed by atoms with E-state index >= 15 is 0 Å². The molecular weight excluding hydrogens is 398 g/mol. The van der Waals surface area contributed by atoms with Crippen molar-refractivity contribution in [2.24, 2.45) is 4.99 Å². The van der Waals surface area contributed by atoms with E-state index in [4.69, 9.17) is 14.3 Å². The predicted molar refractivity (Wildman–Crippen MR) is 122 cm³/mol. The summed E-state index contributed by atoms with van der Waals surface area (Å²) < 4.78 is 10.9. The summed E-state index contributed by atoms with van der Waals surface area (Å²) in [5, 5.41) is 12.7. The van der Waals surface area contributed by atoms with Crippen molar-refractivity contribution in [3.8, 4) is 5.75 Å². The molecule has 1 aromatic carbocycles. The Kier molecular flexibility index (Phi) is 8.26. The second-order valence-electron chi connectivity index (χ2n) is 7.14. The molecule has 2 heterocycles. The van der Waals surface area contributed by atoms with Crippen LogP contribution in [0, 0.1) is 6.92 Å². The van der Waals surface area contributed by atoms with Gasteiger partial charge in [0.2, 0.25) is 5.89 Å². The number of benzene rings is 1. The van der Waals surface area contributed by atoms with Crippen LogP contribution in [0.1, 0.15) is 36.9 Å². The van der Waals surface area contributed by atoms with E-state index in [0.717, 1.165) is 36.8 Å². The van der Waals surface area contributed by atoms with E-state index in [1.54, 1.807) is 11.3 Å². The van der Waals surface area contributed by atoms with Crippen LogP contribution < -0.4 is 15.4 Å². The van der Waals surface area contributed by atoms with Gasteiger partial charge in [-0.3, -0.25) is 4.99 Å². The van der Waals surface area contributed by atoms with E-state index in [2.05, 4.69) is 38.3 Å². The number of rotatable bonds is 10. The number of hydrogen-bond acceptors (Lipinski definition) is 6. The van der Waals surface area contributed by atoms with Gasteiger partial charge in [0.15, 0.2) is 11.8 Å². The molecular formula is C22H29N5O2S. The van der Waals surface area contributed by atoms with Crippen molar-refractivity contribution in [3.05, 3.63) is 58.4 Å². The summed E-state index contributed by atoms with van der Waals surface area (Å²) in [6.45, 7) is 7.32. The lowest BCUT2D eigenvalue weighted by molar-refractivity contribution is 0.242. The third-order valence-corrected chi connectivity index (χ3v) is 5.06. The molecule has 0 unspecified atom stereocenters. The second-order valence-corrected chi connectivity index (χ2v) is 8.17. The Bertz CT molecular complexity index is 904. The van der Waals surface area contributed by atoms with Crippen LogP contribution in [0.3, 0.4) is 0 Å². The Morgan fingerprint density at radius 3 is 2.70 bits per heavy atom. The molecule has 0 atom stereocenters. The van der Waals surface area contributed by atoms with Gasteiger partial charge in [-0.15, -0.1) is 11.3 Å². The number of guanidine groups is 1.